The molecule has 1 atom stereocenters. The molecule has 1 N–H and O–H groups in total. The van der Waals surface area contributed by atoms with Crippen molar-refractivity contribution in [3.8, 4) is 0 Å². The van der Waals surface area contributed by atoms with E-state index in [4.69, 9.17) is 4.99 Å². The molecule has 0 unspecified atom stereocenters. The zero-order valence-corrected chi connectivity index (χ0v) is 23.3. The fourth-order valence-corrected chi connectivity index (χ4v) is 5.99. The lowest BCUT2D eigenvalue weighted by atomic mass is 9.69. The molecular formula is C32H42N2O3. The first-order valence-corrected chi connectivity index (χ1v) is 13.6. The Morgan fingerprint density at radius 1 is 1.00 bits per heavy atom. The van der Waals surface area contributed by atoms with E-state index in [-0.39, 0.29) is 28.3 Å². The molecule has 2 aliphatic rings. The molecule has 0 aromatic heterocycles. The van der Waals surface area contributed by atoms with Crippen molar-refractivity contribution in [2.75, 3.05) is 0 Å². The lowest BCUT2D eigenvalue weighted by Gasteiger charge is -2.47. The van der Waals surface area contributed by atoms with Crippen molar-refractivity contribution in [2.24, 2.45) is 21.7 Å². The van der Waals surface area contributed by atoms with E-state index < -0.39 is 11.6 Å². The zero-order valence-electron chi connectivity index (χ0n) is 23.3. The molecule has 0 radical (unpaired) electrons. The molecule has 2 aromatic rings. The van der Waals surface area contributed by atoms with Crippen molar-refractivity contribution in [2.45, 2.75) is 91.8 Å². The largest absolute Gasteiger partial charge is 0.478 e. The quantitative estimate of drug-likeness (QED) is 0.444. The second kappa shape index (κ2) is 10.1. The molecule has 2 aromatic carbocycles. The van der Waals surface area contributed by atoms with Gasteiger partial charge in [0, 0.05) is 5.56 Å². The van der Waals surface area contributed by atoms with Crippen LogP contribution in [0, 0.1) is 16.7 Å². The first-order chi connectivity index (χ1) is 17.3. The van der Waals surface area contributed by atoms with Gasteiger partial charge in [-0.05, 0) is 73.0 Å². The Bertz CT molecular complexity index is 1150. The van der Waals surface area contributed by atoms with Gasteiger partial charge in [0.15, 0.2) is 0 Å². The molecule has 0 saturated heterocycles. The number of benzene rings is 2. The number of hydrogen-bond donors (Lipinski definition) is 1. The molecule has 1 amide bonds. The topological polar surface area (TPSA) is 70.0 Å². The molecule has 0 bridgehead atoms. The molecule has 37 heavy (non-hydrogen) atoms. The highest BCUT2D eigenvalue weighted by molar-refractivity contribution is 6.46. The Morgan fingerprint density at radius 2 is 1.59 bits per heavy atom. The van der Waals surface area contributed by atoms with Crippen LogP contribution < -0.4 is 0 Å². The van der Waals surface area contributed by atoms with E-state index in [9.17, 15) is 14.7 Å². The van der Waals surface area contributed by atoms with E-state index in [0.29, 0.717) is 11.6 Å². The number of carboxylic acid groups (broad SMARTS) is 1. The van der Waals surface area contributed by atoms with E-state index in [1.165, 1.54) is 0 Å². The number of aliphatic imine (C=N–C) groups is 1. The van der Waals surface area contributed by atoms with Gasteiger partial charge in [-0.15, -0.1) is 0 Å². The number of amides is 1. The summed E-state index contributed by atoms with van der Waals surface area (Å²) in [7, 11) is 0. The van der Waals surface area contributed by atoms with Crippen molar-refractivity contribution in [3.05, 3.63) is 71.3 Å². The molecule has 1 aliphatic carbocycles. The molecule has 1 fully saturated rings. The number of carboxylic acids is 1. The second-order valence-corrected chi connectivity index (χ2v) is 13.2. The standard InChI is InChI=1S/C32H42N2O3/c1-30(2,3)19-18-26(22-12-14-24(15-13-22)29(36)37)34-28(35)27(23-10-8-7-9-11-23)33-32(34)20-16-25(17-21-32)31(4,5)6/h7-15,25-26H,16-21H2,1-6H3,(H,36,37)/t25?,26-,32?/m1/s1. The Hall–Kier alpha value is -2.95. The van der Waals surface area contributed by atoms with Crippen molar-refractivity contribution < 1.29 is 14.7 Å². The van der Waals surface area contributed by atoms with Gasteiger partial charge in [-0.25, -0.2) is 4.79 Å². The third kappa shape index (κ3) is 5.81. The van der Waals surface area contributed by atoms with Gasteiger partial charge in [-0.3, -0.25) is 9.79 Å². The van der Waals surface area contributed by atoms with Gasteiger partial charge in [0.1, 0.15) is 11.4 Å². The van der Waals surface area contributed by atoms with Gasteiger partial charge in [-0.1, -0.05) is 84.0 Å². The lowest BCUT2D eigenvalue weighted by Crippen LogP contribution is -2.51. The molecule has 1 spiro atoms. The van der Waals surface area contributed by atoms with Crippen LogP contribution in [0.1, 0.15) is 108 Å². The SMILES string of the molecule is CC(C)(C)CC[C@H](c1ccc(C(=O)O)cc1)N1C(=O)C(c2ccccc2)=NC12CCC(C(C)(C)C)CC2. The van der Waals surface area contributed by atoms with Gasteiger partial charge in [0.05, 0.1) is 11.6 Å². The van der Waals surface area contributed by atoms with Crippen molar-refractivity contribution in [1.29, 1.82) is 0 Å². The highest BCUT2D eigenvalue weighted by Gasteiger charge is 2.52. The van der Waals surface area contributed by atoms with Crippen molar-refractivity contribution >= 4 is 17.6 Å². The van der Waals surface area contributed by atoms with Crippen LogP contribution in [0.3, 0.4) is 0 Å². The minimum atomic E-state index is -0.943. The summed E-state index contributed by atoms with van der Waals surface area (Å²) < 4.78 is 0. The number of hydrogen-bond acceptors (Lipinski definition) is 3. The minimum Gasteiger partial charge on any atom is -0.478 e. The predicted octanol–water partition coefficient (Wildman–Crippen LogP) is 7.52. The van der Waals surface area contributed by atoms with E-state index in [0.717, 1.165) is 49.7 Å². The van der Waals surface area contributed by atoms with Crippen LogP contribution in [-0.4, -0.2) is 33.3 Å². The van der Waals surface area contributed by atoms with Crippen LogP contribution in [0.25, 0.3) is 0 Å². The highest BCUT2D eigenvalue weighted by atomic mass is 16.4. The fourth-order valence-electron chi connectivity index (χ4n) is 5.99. The van der Waals surface area contributed by atoms with Crippen LogP contribution >= 0.6 is 0 Å². The van der Waals surface area contributed by atoms with Gasteiger partial charge in [0.2, 0.25) is 0 Å². The first-order valence-electron chi connectivity index (χ1n) is 13.6. The maximum atomic E-state index is 14.3. The van der Waals surface area contributed by atoms with Crippen LogP contribution in [0.15, 0.2) is 59.6 Å². The minimum absolute atomic E-state index is 0.0124. The van der Waals surface area contributed by atoms with Crippen molar-refractivity contribution in [1.82, 2.24) is 4.90 Å². The monoisotopic (exact) mass is 502 g/mol. The molecular weight excluding hydrogens is 460 g/mol. The predicted molar refractivity (Wildman–Crippen MR) is 149 cm³/mol. The summed E-state index contributed by atoms with van der Waals surface area (Å²) in [5.41, 5.74) is 2.40. The zero-order chi connectivity index (χ0) is 27.0. The normalized spacial score (nSPS) is 23.3. The Morgan fingerprint density at radius 3 is 2.11 bits per heavy atom. The number of nitrogens with zero attached hydrogens (tertiary/aromatic N) is 2. The third-order valence-corrected chi connectivity index (χ3v) is 8.27. The van der Waals surface area contributed by atoms with E-state index in [2.05, 4.69) is 46.4 Å². The average Bonchev–Trinajstić information content (AvgIpc) is 3.11. The maximum absolute atomic E-state index is 14.3. The molecule has 1 saturated carbocycles. The summed E-state index contributed by atoms with van der Waals surface area (Å²) in [6.07, 6.45) is 5.48. The maximum Gasteiger partial charge on any atom is 0.335 e. The fraction of sp³-hybridized carbons (Fsp3) is 0.531. The third-order valence-electron chi connectivity index (χ3n) is 8.27. The highest BCUT2D eigenvalue weighted by Crippen LogP contribution is 2.50. The molecule has 1 aliphatic heterocycles. The molecule has 198 valence electrons. The van der Waals surface area contributed by atoms with Crippen LogP contribution in [0.2, 0.25) is 0 Å². The van der Waals surface area contributed by atoms with Crippen LogP contribution in [0.5, 0.6) is 0 Å². The summed E-state index contributed by atoms with van der Waals surface area (Å²) in [6, 6.07) is 16.7. The summed E-state index contributed by atoms with van der Waals surface area (Å²) in [6.45, 7) is 13.6. The van der Waals surface area contributed by atoms with Gasteiger partial charge >= 0.3 is 5.97 Å². The van der Waals surface area contributed by atoms with Crippen LogP contribution in [0.4, 0.5) is 0 Å². The number of rotatable bonds is 6. The first kappa shape index (κ1) is 27.1. The smallest absolute Gasteiger partial charge is 0.335 e. The Kier molecular flexibility index (Phi) is 7.38. The molecule has 1 heterocycles. The average molecular weight is 503 g/mol. The van der Waals surface area contributed by atoms with E-state index in [1.807, 2.05) is 42.5 Å². The van der Waals surface area contributed by atoms with Crippen molar-refractivity contribution in [3.63, 3.8) is 0 Å². The number of aromatic carboxylic acids is 1. The Labute approximate surface area is 222 Å². The van der Waals surface area contributed by atoms with E-state index >= 15 is 0 Å². The molecule has 4 rings (SSSR count). The lowest BCUT2D eigenvalue weighted by molar-refractivity contribution is -0.134. The number of carbonyl (C=O) groups is 2. The summed E-state index contributed by atoms with van der Waals surface area (Å²) in [5, 5.41) is 9.45. The summed E-state index contributed by atoms with van der Waals surface area (Å²) in [5.74, 6) is -0.364. The summed E-state index contributed by atoms with van der Waals surface area (Å²) in [4.78, 5) is 33.1. The number of carbonyl (C=O) groups excluding carboxylic acids is 1. The Balaban J connectivity index is 1.78. The van der Waals surface area contributed by atoms with Gasteiger partial charge in [0.25, 0.3) is 5.91 Å². The summed E-state index contributed by atoms with van der Waals surface area (Å²) >= 11 is 0. The van der Waals surface area contributed by atoms with Gasteiger partial charge in [-0.2, -0.15) is 0 Å². The second-order valence-electron chi connectivity index (χ2n) is 13.2. The van der Waals surface area contributed by atoms with Crippen LogP contribution in [-0.2, 0) is 4.79 Å². The molecule has 5 heteroatoms. The van der Waals surface area contributed by atoms with E-state index in [1.54, 1.807) is 12.1 Å². The molecule has 5 nitrogen and oxygen atoms in total. The van der Waals surface area contributed by atoms with Gasteiger partial charge < -0.3 is 10.0 Å².